The average Bonchev–Trinajstić information content (AvgIpc) is 2.28. The lowest BCUT2D eigenvalue weighted by molar-refractivity contribution is -0.936. The Kier molecular flexibility index (Phi) is 2.62. The zero-order valence-corrected chi connectivity index (χ0v) is 9.86. The summed E-state index contributed by atoms with van der Waals surface area (Å²) in [6.07, 6.45) is 1.25. The van der Waals surface area contributed by atoms with E-state index >= 15 is 0 Å². The molecule has 3 fully saturated rings. The van der Waals surface area contributed by atoms with Gasteiger partial charge in [-0.1, -0.05) is 6.92 Å². The van der Waals surface area contributed by atoms with Crippen molar-refractivity contribution in [1.82, 2.24) is 0 Å². The summed E-state index contributed by atoms with van der Waals surface area (Å²) in [7, 11) is 1.46. The molecule has 0 saturated carbocycles. The van der Waals surface area contributed by atoms with Crippen LogP contribution in [-0.4, -0.2) is 54.5 Å². The van der Waals surface area contributed by atoms with E-state index in [2.05, 4.69) is 0 Å². The van der Waals surface area contributed by atoms with Crippen molar-refractivity contribution in [2.45, 2.75) is 25.3 Å². The number of hydrogen-bond donors (Lipinski definition) is 1. The van der Waals surface area contributed by atoms with Crippen LogP contribution in [0, 0.1) is 10.6 Å². The molecule has 0 radical (unpaired) electrons. The molecule has 0 aromatic carbocycles. The van der Waals surface area contributed by atoms with E-state index in [1.165, 1.54) is 7.11 Å². The molecule has 0 aliphatic carbocycles. The van der Waals surface area contributed by atoms with Gasteiger partial charge in [0, 0.05) is 25.4 Å². The monoisotopic (exact) mass is 229 g/mol. The van der Waals surface area contributed by atoms with Crippen molar-refractivity contribution < 1.29 is 19.3 Å². The lowest BCUT2D eigenvalue weighted by atomic mass is 9.63. The van der Waals surface area contributed by atoms with Crippen LogP contribution < -0.4 is 0 Å². The number of ketones is 1. The zero-order valence-electron chi connectivity index (χ0n) is 9.86. The highest BCUT2D eigenvalue weighted by Crippen LogP contribution is 2.49. The Labute approximate surface area is 95.2 Å². The summed E-state index contributed by atoms with van der Waals surface area (Å²) >= 11 is 0. The fourth-order valence-corrected chi connectivity index (χ4v) is 3.16. The van der Waals surface area contributed by atoms with Gasteiger partial charge in [-0.05, 0) is 0 Å². The fourth-order valence-electron chi connectivity index (χ4n) is 3.16. The number of methoxy groups -OCH3 is 1. The maximum Gasteiger partial charge on any atom is 0.205 e. The van der Waals surface area contributed by atoms with Crippen LogP contribution in [0.5, 0.6) is 0 Å². The minimum absolute atomic E-state index is 0.0153. The molecule has 3 heterocycles. The summed E-state index contributed by atoms with van der Waals surface area (Å²) < 4.78 is 4.41. The standard InChI is InChI=1S/C11H19NO4/c1-10-3-5-12(15,6-4-10)11(7-13,8-16-2)9(10)14/h13H,3-8H2,1-2H3/t10?,11-,12?/m0/s1. The first-order valence-electron chi connectivity index (χ1n) is 5.67. The summed E-state index contributed by atoms with van der Waals surface area (Å²) in [4.78, 5) is 12.4. The highest BCUT2D eigenvalue weighted by Gasteiger charge is 2.65. The van der Waals surface area contributed by atoms with Gasteiger partial charge in [-0.2, -0.15) is 0 Å². The van der Waals surface area contributed by atoms with Gasteiger partial charge in [-0.15, -0.1) is 0 Å². The van der Waals surface area contributed by atoms with E-state index in [0.717, 1.165) is 0 Å². The van der Waals surface area contributed by atoms with E-state index < -0.39 is 22.2 Å². The number of aliphatic hydroxyl groups excluding tert-OH is 1. The number of piperidine rings is 3. The number of fused-ring (bicyclic) bond motifs is 3. The zero-order chi connectivity index (χ0) is 12.0. The van der Waals surface area contributed by atoms with Crippen LogP contribution in [0.2, 0.25) is 0 Å². The van der Waals surface area contributed by atoms with Crippen LogP contribution in [0.1, 0.15) is 19.8 Å². The Balaban J connectivity index is 2.45. The molecule has 3 rings (SSSR count). The smallest absolute Gasteiger partial charge is 0.205 e. The lowest BCUT2D eigenvalue weighted by Crippen LogP contribution is -2.79. The van der Waals surface area contributed by atoms with Gasteiger partial charge in [-0.25, -0.2) is 0 Å². The number of quaternary nitrogens is 1. The second-order valence-electron chi connectivity index (χ2n) is 5.35. The molecule has 0 unspecified atom stereocenters. The summed E-state index contributed by atoms with van der Waals surface area (Å²) in [6, 6.07) is 0. The third-order valence-corrected chi connectivity index (χ3v) is 4.45. The van der Waals surface area contributed by atoms with E-state index in [1.807, 2.05) is 6.92 Å². The van der Waals surface area contributed by atoms with Crippen molar-refractivity contribution in [2.24, 2.45) is 5.41 Å². The number of aliphatic hydroxyl groups is 1. The molecular formula is C11H19NO4. The Morgan fingerprint density at radius 3 is 2.50 bits per heavy atom. The van der Waals surface area contributed by atoms with Gasteiger partial charge in [0.15, 0.2) is 0 Å². The van der Waals surface area contributed by atoms with Crippen LogP contribution >= 0.6 is 0 Å². The molecule has 0 amide bonds. The van der Waals surface area contributed by atoms with Crippen molar-refractivity contribution in [3.63, 3.8) is 0 Å². The largest absolute Gasteiger partial charge is 0.632 e. The molecule has 3 aliphatic heterocycles. The second kappa shape index (κ2) is 3.50. The van der Waals surface area contributed by atoms with Gasteiger partial charge in [-0.3, -0.25) is 4.79 Å². The minimum atomic E-state index is -1.28. The molecule has 16 heavy (non-hydrogen) atoms. The molecule has 0 aromatic heterocycles. The molecule has 5 nitrogen and oxygen atoms in total. The molecule has 5 heteroatoms. The highest BCUT2D eigenvalue weighted by molar-refractivity contribution is 5.93. The van der Waals surface area contributed by atoms with Gasteiger partial charge in [0.1, 0.15) is 13.2 Å². The average molecular weight is 229 g/mol. The first-order chi connectivity index (χ1) is 7.44. The maximum absolute atomic E-state index is 12.6. The molecule has 3 saturated heterocycles. The molecule has 1 N–H and O–H groups in total. The van der Waals surface area contributed by atoms with Crippen molar-refractivity contribution >= 4 is 5.78 Å². The SMILES string of the molecule is COC[C@@]1(CO)C(=O)C2(C)CC[N+]1([O-])CC2. The molecule has 92 valence electrons. The quantitative estimate of drug-likeness (QED) is 0.549. The van der Waals surface area contributed by atoms with E-state index in [9.17, 15) is 15.1 Å². The number of carbonyl (C=O) groups excluding carboxylic acids is 1. The van der Waals surface area contributed by atoms with Gasteiger partial charge < -0.3 is 19.7 Å². The fraction of sp³-hybridized carbons (Fsp3) is 0.909. The predicted octanol–water partition coefficient (Wildman–Crippen LogP) is 0.0613. The first kappa shape index (κ1) is 12.0. The highest BCUT2D eigenvalue weighted by atomic mass is 16.6. The van der Waals surface area contributed by atoms with Crippen LogP contribution in [0.3, 0.4) is 0 Å². The van der Waals surface area contributed by atoms with Crippen molar-refractivity contribution in [3.8, 4) is 0 Å². The van der Waals surface area contributed by atoms with Gasteiger partial charge in [0.25, 0.3) is 0 Å². The third kappa shape index (κ3) is 1.23. The number of Topliss-reactive ketones (excluding diaryl/α,β-unsaturated/α-hetero) is 1. The summed E-state index contributed by atoms with van der Waals surface area (Å²) in [5, 5.41) is 22.2. The molecule has 2 bridgehead atoms. The number of nitrogens with zero attached hydrogens (tertiary/aromatic N) is 1. The number of rotatable bonds is 3. The van der Waals surface area contributed by atoms with E-state index in [4.69, 9.17) is 4.74 Å². The summed E-state index contributed by atoms with van der Waals surface area (Å²) in [6.45, 7) is 2.32. The maximum atomic E-state index is 12.6. The number of hydroxylamine groups is 3. The molecular weight excluding hydrogens is 210 g/mol. The third-order valence-electron chi connectivity index (χ3n) is 4.45. The van der Waals surface area contributed by atoms with Crippen LogP contribution in [-0.2, 0) is 9.53 Å². The van der Waals surface area contributed by atoms with E-state index in [1.54, 1.807) is 0 Å². The Hall–Kier alpha value is -0.490. The lowest BCUT2D eigenvalue weighted by Gasteiger charge is -2.65. The first-order valence-corrected chi connectivity index (χ1v) is 5.67. The second-order valence-corrected chi connectivity index (χ2v) is 5.35. The normalized spacial score (nSPS) is 47.4. The van der Waals surface area contributed by atoms with Crippen LogP contribution in [0.25, 0.3) is 0 Å². The molecule has 3 aliphatic rings. The Morgan fingerprint density at radius 2 is 2.06 bits per heavy atom. The number of hydrogen-bond acceptors (Lipinski definition) is 4. The van der Waals surface area contributed by atoms with Gasteiger partial charge >= 0.3 is 0 Å². The Morgan fingerprint density at radius 1 is 1.50 bits per heavy atom. The Bertz CT molecular complexity index is 309. The van der Waals surface area contributed by atoms with Gasteiger partial charge in [0.05, 0.1) is 13.1 Å². The predicted molar refractivity (Wildman–Crippen MR) is 57.4 cm³/mol. The molecule has 1 atom stereocenters. The summed E-state index contributed by atoms with van der Waals surface area (Å²) in [5.74, 6) is -0.114. The van der Waals surface area contributed by atoms with Crippen LogP contribution in [0.15, 0.2) is 0 Å². The molecule has 0 spiro atoms. The van der Waals surface area contributed by atoms with Crippen LogP contribution in [0.4, 0.5) is 0 Å². The van der Waals surface area contributed by atoms with E-state index in [0.29, 0.717) is 25.9 Å². The van der Waals surface area contributed by atoms with Crippen molar-refractivity contribution in [1.29, 1.82) is 0 Å². The van der Waals surface area contributed by atoms with Crippen molar-refractivity contribution in [2.75, 3.05) is 33.4 Å². The number of ether oxygens (including phenoxy) is 1. The number of carbonyl (C=O) groups is 1. The minimum Gasteiger partial charge on any atom is -0.632 e. The summed E-state index contributed by atoms with van der Waals surface area (Å²) in [5.41, 5.74) is -1.72. The van der Waals surface area contributed by atoms with E-state index in [-0.39, 0.29) is 12.4 Å². The topological polar surface area (TPSA) is 69.6 Å². The van der Waals surface area contributed by atoms with Crippen molar-refractivity contribution in [3.05, 3.63) is 5.21 Å². The molecule has 0 aromatic rings. The van der Waals surface area contributed by atoms with Gasteiger partial charge in [0.2, 0.25) is 11.3 Å².